The van der Waals surface area contributed by atoms with Crippen LogP contribution in [-0.4, -0.2) is 36.6 Å². The average Bonchev–Trinajstić information content (AvgIpc) is 2.34. The van der Waals surface area contributed by atoms with Gasteiger partial charge >= 0.3 is 0 Å². The Labute approximate surface area is 106 Å². The van der Waals surface area contributed by atoms with E-state index in [4.69, 9.17) is 0 Å². The fourth-order valence-corrected chi connectivity index (χ4v) is 4.34. The lowest BCUT2D eigenvalue weighted by Crippen LogP contribution is -2.59. The van der Waals surface area contributed by atoms with Gasteiger partial charge in [0.2, 0.25) is 0 Å². The molecule has 0 radical (unpaired) electrons. The van der Waals surface area contributed by atoms with Crippen LogP contribution in [0.3, 0.4) is 0 Å². The van der Waals surface area contributed by atoms with Crippen LogP contribution in [0.1, 0.15) is 46.0 Å². The van der Waals surface area contributed by atoms with Crippen molar-refractivity contribution in [1.29, 1.82) is 0 Å². The van der Waals surface area contributed by atoms with E-state index in [-0.39, 0.29) is 0 Å². The number of piperidine rings is 3. The van der Waals surface area contributed by atoms with E-state index < -0.39 is 0 Å². The van der Waals surface area contributed by atoms with Crippen molar-refractivity contribution in [3.63, 3.8) is 0 Å². The van der Waals surface area contributed by atoms with E-state index in [1.54, 1.807) is 0 Å². The molecule has 0 aromatic heterocycles. The van der Waals surface area contributed by atoms with Crippen LogP contribution in [0.5, 0.6) is 0 Å². The lowest BCUT2D eigenvalue weighted by atomic mass is 9.77. The molecule has 4 aliphatic rings. The highest BCUT2D eigenvalue weighted by atomic mass is 15.2. The Morgan fingerprint density at radius 3 is 2.29 bits per heavy atom. The number of hydrogen-bond acceptors (Lipinski definition) is 2. The van der Waals surface area contributed by atoms with Crippen LogP contribution in [-0.2, 0) is 0 Å². The van der Waals surface area contributed by atoms with Crippen molar-refractivity contribution >= 4 is 0 Å². The third-order valence-electron chi connectivity index (χ3n) is 5.52. The van der Waals surface area contributed by atoms with Crippen LogP contribution in [0, 0.1) is 17.8 Å². The highest BCUT2D eigenvalue weighted by Gasteiger charge is 2.36. The van der Waals surface area contributed by atoms with Gasteiger partial charge in [-0.15, -0.1) is 0 Å². The van der Waals surface area contributed by atoms with E-state index in [1.807, 2.05) is 0 Å². The maximum Gasteiger partial charge on any atom is 0.0226 e. The molecule has 4 rings (SSSR count). The van der Waals surface area contributed by atoms with E-state index in [0.29, 0.717) is 0 Å². The SMILES string of the molecule is CC1CCC(NC2CN3CCC2CC3)C(C)C1. The maximum absolute atomic E-state index is 4.02. The van der Waals surface area contributed by atoms with E-state index in [9.17, 15) is 0 Å². The lowest BCUT2D eigenvalue weighted by Gasteiger charge is -2.47. The number of fused-ring (bicyclic) bond motifs is 3. The third kappa shape index (κ3) is 2.53. The summed E-state index contributed by atoms with van der Waals surface area (Å²) >= 11 is 0. The molecule has 3 heterocycles. The second kappa shape index (κ2) is 4.89. The molecule has 4 unspecified atom stereocenters. The summed E-state index contributed by atoms with van der Waals surface area (Å²) in [4.78, 5) is 2.66. The van der Waals surface area contributed by atoms with Crippen LogP contribution in [0.15, 0.2) is 0 Å². The predicted octanol–water partition coefficient (Wildman–Crippen LogP) is 2.49. The molecule has 0 aromatic carbocycles. The van der Waals surface area contributed by atoms with Gasteiger partial charge in [-0.1, -0.05) is 13.8 Å². The molecule has 2 bridgehead atoms. The standard InChI is InChI=1S/C15H28N2/c1-11-3-4-14(12(2)9-11)16-15-10-17-7-5-13(15)6-8-17/h11-16H,3-10H2,1-2H3. The molecule has 2 heteroatoms. The van der Waals surface area contributed by atoms with Crippen molar-refractivity contribution in [2.75, 3.05) is 19.6 Å². The Kier molecular flexibility index (Phi) is 3.45. The van der Waals surface area contributed by atoms with Crippen LogP contribution >= 0.6 is 0 Å². The molecule has 1 N–H and O–H groups in total. The molecule has 0 amide bonds. The zero-order chi connectivity index (χ0) is 11.8. The van der Waals surface area contributed by atoms with Gasteiger partial charge < -0.3 is 10.2 Å². The highest BCUT2D eigenvalue weighted by Crippen LogP contribution is 2.32. The molecule has 2 nitrogen and oxygen atoms in total. The molecule has 4 fully saturated rings. The van der Waals surface area contributed by atoms with E-state index in [2.05, 4.69) is 24.1 Å². The number of rotatable bonds is 2. The monoisotopic (exact) mass is 236 g/mol. The van der Waals surface area contributed by atoms with Crippen molar-refractivity contribution in [2.45, 2.75) is 58.0 Å². The van der Waals surface area contributed by atoms with Crippen molar-refractivity contribution in [2.24, 2.45) is 17.8 Å². The van der Waals surface area contributed by atoms with Crippen molar-refractivity contribution in [1.82, 2.24) is 10.2 Å². The lowest BCUT2D eigenvalue weighted by molar-refractivity contribution is 0.0567. The minimum Gasteiger partial charge on any atom is -0.309 e. The second-order valence-corrected chi connectivity index (χ2v) is 6.91. The summed E-state index contributed by atoms with van der Waals surface area (Å²) in [7, 11) is 0. The number of nitrogens with one attached hydrogen (secondary N) is 1. The van der Waals surface area contributed by atoms with Crippen LogP contribution in [0.4, 0.5) is 0 Å². The van der Waals surface area contributed by atoms with Gasteiger partial charge in [-0.3, -0.25) is 0 Å². The van der Waals surface area contributed by atoms with Crippen LogP contribution in [0.2, 0.25) is 0 Å². The first kappa shape index (κ1) is 12.0. The smallest absolute Gasteiger partial charge is 0.0226 e. The summed E-state index contributed by atoms with van der Waals surface area (Å²) < 4.78 is 0. The Morgan fingerprint density at radius 1 is 0.941 bits per heavy atom. The molecule has 0 spiro atoms. The van der Waals surface area contributed by atoms with E-state index >= 15 is 0 Å². The topological polar surface area (TPSA) is 15.3 Å². The Balaban J connectivity index is 1.56. The molecule has 3 aliphatic heterocycles. The molecule has 98 valence electrons. The largest absolute Gasteiger partial charge is 0.309 e. The summed E-state index contributed by atoms with van der Waals surface area (Å²) in [5.74, 6) is 2.82. The Morgan fingerprint density at radius 2 is 1.71 bits per heavy atom. The molecule has 17 heavy (non-hydrogen) atoms. The van der Waals surface area contributed by atoms with Gasteiger partial charge in [0.15, 0.2) is 0 Å². The van der Waals surface area contributed by atoms with Gasteiger partial charge in [0.1, 0.15) is 0 Å². The first-order valence-corrected chi connectivity index (χ1v) is 7.71. The van der Waals surface area contributed by atoms with Crippen molar-refractivity contribution in [3.8, 4) is 0 Å². The Bertz CT molecular complexity index is 258. The number of hydrogen-bond donors (Lipinski definition) is 1. The second-order valence-electron chi connectivity index (χ2n) is 6.91. The molecule has 1 aliphatic carbocycles. The molecule has 4 atom stereocenters. The molecule has 1 saturated carbocycles. The quantitative estimate of drug-likeness (QED) is 0.792. The number of nitrogens with zero attached hydrogens (tertiary/aromatic N) is 1. The van der Waals surface area contributed by atoms with Gasteiger partial charge in [0, 0.05) is 18.6 Å². The van der Waals surface area contributed by atoms with E-state index in [1.165, 1.54) is 51.7 Å². The maximum atomic E-state index is 4.02. The molecular formula is C15H28N2. The highest BCUT2D eigenvalue weighted by molar-refractivity contribution is 4.94. The summed E-state index contributed by atoms with van der Waals surface area (Å²) in [5.41, 5.74) is 0. The normalized spacial score (nSPS) is 50.5. The predicted molar refractivity (Wildman–Crippen MR) is 72.1 cm³/mol. The summed E-state index contributed by atoms with van der Waals surface area (Å²) in [6, 6.07) is 1.61. The fraction of sp³-hybridized carbons (Fsp3) is 1.00. The first-order valence-electron chi connectivity index (χ1n) is 7.71. The fourth-order valence-electron chi connectivity index (χ4n) is 4.34. The Hall–Kier alpha value is -0.0800. The summed E-state index contributed by atoms with van der Waals surface area (Å²) in [6.07, 6.45) is 7.15. The van der Waals surface area contributed by atoms with Gasteiger partial charge in [0.05, 0.1) is 0 Å². The van der Waals surface area contributed by atoms with Crippen molar-refractivity contribution in [3.05, 3.63) is 0 Å². The first-order chi connectivity index (χ1) is 8.22. The minimum absolute atomic E-state index is 0.803. The summed E-state index contributed by atoms with van der Waals surface area (Å²) in [6.45, 7) is 8.92. The van der Waals surface area contributed by atoms with Gasteiger partial charge in [-0.05, 0) is 62.9 Å². The minimum atomic E-state index is 0.803. The van der Waals surface area contributed by atoms with Gasteiger partial charge in [0.25, 0.3) is 0 Å². The summed E-state index contributed by atoms with van der Waals surface area (Å²) in [5, 5.41) is 4.02. The molecular weight excluding hydrogens is 208 g/mol. The third-order valence-corrected chi connectivity index (χ3v) is 5.52. The molecule has 0 aromatic rings. The van der Waals surface area contributed by atoms with Crippen LogP contribution in [0.25, 0.3) is 0 Å². The van der Waals surface area contributed by atoms with Gasteiger partial charge in [-0.2, -0.15) is 0 Å². The average molecular weight is 236 g/mol. The van der Waals surface area contributed by atoms with Crippen molar-refractivity contribution < 1.29 is 0 Å². The van der Waals surface area contributed by atoms with Crippen LogP contribution < -0.4 is 5.32 Å². The zero-order valence-corrected chi connectivity index (χ0v) is 11.5. The molecule has 3 saturated heterocycles. The van der Waals surface area contributed by atoms with E-state index in [0.717, 1.165) is 29.8 Å². The zero-order valence-electron chi connectivity index (χ0n) is 11.5. The van der Waals surface area contributed by atoms with Gasteiger partial charge in [-0.25, -0.2) is 0 Å².